The highest BCUT2D eigenvalue weighted by molar-refractivity contribution is 5.71. The van der Waals surface area contributed by atoms with Crippen LogP contribution in [0.2, 0.25) is 0 Å². The summed E-state index contributed by atoms with van der Waals surface area (Å²) >= 11 is 0. The third-order valence-corrected chi connectivity index (χ3v) is 13.0. The molecule has 0 bridgehead atoms. The Morgan fingerprint density at radius 2 is 0.565 bits per heavy atom. The summed E-state index contributed by atoms with van der Waals surface area (Å²) in [4.78, 5) is 38.2. The molecule has 1 unspecified atom stereocenters. The molecule has 0 heterocycles. The Balaban J connectivity index is 4.38. The van der Waals surface area contributed by atoms with Gasteiger partial charge in [-0.2, -0.15) is 0 Å². The standard InChI is InChI=1S/C63H112O6/c1-4-7-10-13-16-19-22-25-28-30-31-32-33-36-38-41-44-47-50-53-56-62(65)68-59-60(58-67-61(64)55-52-49-46-43-40-37-34-27-24-21-18-15-12-9-6-3)69-63(66)57-54-51-48-45-42-39-35-29-26-23-20-17-14-11-8-5-2/h9,12,18,21,27,29,34-35,40,43,60H,4-8,10-11,13-17,19-20,22-26,28,30-33,36-39,41-42,44-59H2,1-3H3/b12-9-,21-18-,34-27-,35-29-,43-40-. The highest BCUT2D eigenvalue weighted by Crippen LogP contribution is 2.17. The molecule has 0 aromatic carbocycles. The second kappa shape index (κ2) is 57.7. The minimum atomic E-state index is -0.794. The van der Waals surface area contributed by atoms with Gasteiger partial charge in [-0.3, -0.25) is 14.4 Å². The predicted octanol–water partition coefficient (Wildman–Crippen LogP) is 20.0. The predicted molar refractivity (Wildman–Crippen MR) is 298 cm³/mol. The van der Waals surface area contributed by atoms with E-state index in [-0.39, 0.29) is 31.1 Å². The number of unbranched alkanes of at least 4 members (excludes halogenated alkanes) is 33. The maximum absolute atomic E-state index is 12.9. The molecular weight excluding hydrogens is 853 g/mol. The van der Waals surface area contributed by atoms with Crippen LogP contribution in [0.4, 0.5) is 0 Å². The summed E-state index contributed by atoms with van der Waals surface area (Å²) in [7, 11) is 0. The van der Waals surface area contributed by atoms with Crippen molar-refractivity contribution < 1.29 is 28.6 Å². The minimum Gasteiger partial charge on any atom is -0.462 e. The van der Waals surface area contributed by atoms with Crippen LogP contribution in [0.1, 0.15) is 303 Å². The van der Waals surface area contributed by atoms with Crippen molar-refractivity contribution in [2.75, 3.05) is 13.2 Å². The summed E-state index contributed by atoms with van der Waals surface area (Å²) in [6.07, 6.45) is 72.2. The van der Waals surface area contributed by atoms with E-state index in [1.807, 2.05) is 0 Å². The largest absolute Gasteiger partial charge is 0.462 e. The molecule has 0 N–H and O–H groups in total. The Bertz CT molecular complexity index is 1250. The van der Waals surface area contributed by atoms with E-state index in [1.54, 1.807) is 0 Å². The highest BCUT2D eigenvalue weighted by atomic mass is 16.6. The molecule has 0 aliphatic rings. The quantitative estimate of drug-likeness (QED) is 0.0262. The number of esters is 3. The Kier molecular flexibility index (Phi) is 55.3. The fourth-order valence-electron chi connectivity index (χ4n) is 8.55. The summed E-state index contributed by atoms with van der Waals surface area (Å²) in [5.41, 5.74) is 0. The molecule has 0 aromatic heterocycles. The highest BCUT2D eigenvalue weighted by Gasteiger charge is 2.19. The van der Waals surface area contributed by atoms with Crippen LogP contribution in [-0.4, -0.2) is 37.2 Å². The molecule has 0 fully saturated rings. The lowest BCUT2D eigenvalue weighted by molar-refractivity contribution is -0.167. The normalized spacial score (nSPS) is 12.4. The van der Waals surface area contributed by atoms with E-state index in [4.69, 9.17) is 14.2 Å². The van der Waals surface area contributed by atoms with E-state index in [0.29, 0.717) is 19.3 Å². The molecule has 400 valence electrons. The van der Waals surface area contributed by atoms with Gasteiger partial charge in [0.1, 0.15) is 13.2 Å². The second-order valence-electron chi connectivity index (χ2n) is 19.9. The number of hydrogen-bond donors (Lipinski definition) is 0. The van der Waals surface area contributed by atoms with Gasteiger partial charge in [0.15, 0.2) is 6.10 Å². The zero-order valence-electron chi connectivity index (χ0n) is 45.8. The van der Waals surface area contributed by atoms with Crippen molar-refractivity contribution in [3.8, 4) is 0 Å². The lowest BCUT2D eigenvalue weighted by atomic mass is 10.0. The molecule has 6 heteroatoms. The van der Waals surface area contributed by atoms with Gasteiger partial charge >= 0.3 is 17.9 Å². The minimum absolute atomic E-state index is 0.0879. The number of ether oxygens (including phenoxy) is 3. The average molecular weight is 966 g/mol. The molecule has 0 aromatic rings. The van der Waals surface area contributed by atoms with Gasteiger partial charge in [-0.25, -0.2) is 0 Å². The third kappa shape index (κ3) is 55.9. The van der Waals surface area contributed by atoms with Gasteiger partial charge in [-0.15, -0.1) is 0 Å². The molecule has 0 rings (SSSR count). The van der Waals surface area contributed by atoms with Crippen LogP contribution in [0.3, 0.4) is 0 Å². The van der Waals surface area contributed by atoms with E-state index in [0.717, 1.165) is 96.3 Å². The Morgan fingerprint density at radius 1 is 0.304 bits per heavy atom. The average Bonchev–Trinajstić information content (AvgIpc) is 3.35. The first-order valence-corrected chi connectivity index (χ1v) is 29.8. The van der Waals surface area contributed by atoms with Crippen LogP contribution < -0.4 is 0 Å². The maximum Gasteiger partial charge on any atom is 0.306 e. The molecule has 0 aliphatic heterocycles. The van der Waals surface area contributed by atoms with Crippen LogP contribution >= 0.6 is 0 Å². The summed E-state index contributed by atoms with van der Waals surface area (Å²) in [6, 6.07) is 0. The lowest BCUT2D eigenvalue weighted by Gasteiger charge is -2.18. The molecular formula is C63H112O6. The Morgan fingerprint density at radius 3 is 0.928 bits per heavy atom. The van der Waals surface area contributed by atoms with E-state index in [2.05, 4.69) is 81.5 Å². The van der Waals surface area contributed by atoms with Gasteiger partial charge in [0.2, 0.25) is 0 Å². The fourth-order valence-corrected chi connectivity index (χ4v) is 8.55. The van der Waals surface area contributed by atoms with E-state index in [1.165, 1.54) is 167 Å². The number of hydrogen-bond acceptors (Lipinski definition) is 6. The lowest BCUT2D eigenvalue weighted by Crippen LogP contribution is -2.30. The first-order valence-electron chi connectivity index (χ1n) is 29.8. The van der Waals surface area contributed by atoms with Crippen molar-refractivity contribution in [2.45, 2.75) is 309 Å². The first-order chi connectivity index (χ1) is 34.0. The monoisotopic (exact) mass is 965 g/mol. The smallest absolute Gasteiger partial charge is 0.306 e. The molecule has 6 nitrogen and oxygen atoms in total. The van der Waals surface area contributed by atoms with Gasteiger partial charge < -0.3 is 14.2 Å². The zero-order chi connectivity index (χ0) is 50.0. The number of carbonyl (C=O) groups is 3. The van der Waals surface area contributed by atoms with E-state index < -0.39 is 6.10 Å². The molecule has 1 atom stereocenters. The SMILES string of the molecule is CC/C=C\C/C=C\C/C=C\C/C=C\CCCCC(=O)OCC(COC(=O)CCCCCCCCCCCCCCCCCCCCCC)OC(=O)CCCCCCC/C=C\CCCCCCCCC. The topological polar surface area (TPSA) is 78.9 Å². The van der Waals surface area contributed by atoms with Crippen LogP contribution in [0.25, 0.3) is 0 Å². The van der Waals surface area contributed by atoms with Crippen LogP contribution in [-0.2, 0) is 28.6 Å². The number of carbonyl (C=O) groups excluding carboxylic acids is 3. The van der Waals surface area contributed by atoms with Crippen molar-refractivity contribution >= 4 is 17.9 Å². The van der Waals surface area contributed by atoms with Crippen LogP contribution in [0, 0.1) is 0 Å². The van der Waals surface area contributed by atoms with E-state index in [9.17, 15) is 14.4 Å². The zero-order valence-corrected chi connectivity index (χ0v) is 45.8. The van der Waals surface area contributed by atoms with Crippen molar-refractivity contribution in [2.24, 2.45) is 0 Å². The van der Waals surface area contributed by atoms with Gasteiger partial charge in [0, 0.05) is 19.3 Å². The summed E-state index contributed by atoms with van der Waals surface area (Å²) in [5, 5.41) is 0. The maximum atomic E-state index is 12.9. The molecule has 0 aliphatic carbocycles. The van der Waals surface area contributed by atoms with Gasteiger partial charge in [-0.1, -0.05) is 261 Å². The molecule has 0 saturated carbocycles. The van der Waals surface area contributed by atoms with Gasteiger partial charge in [-0.05, 0) is 83.5 Å². The molecule has 0 radical (unpaired) electrons. The first kappa shape index (κ1) is 66.1. The summed E-state index contributed by atoms with van der Waals surface area (Å²) in [5.74, 6) is -0.926. The Hall–Kier alpha value is -2.89. The number of allylic oxidation sites excluding steroid dienone is 10. The van der Waals surface area contributed by atoms with Crippen LogP contribution in [0.5, 0.6) is 0 Å². The summed E-state index contributed by atoms with van der Waals surface area (Å²) < 4.78 is 16.9. The van der Waals surface area contributed by atoms with Gasteiger partial charge in [0.05, 0.1) is 0 Å². The Labute approximate surface area is 428 Å². The number of rotatable bonds is 54. The van der Waals surface area contributed by atoms with Crippen molar-refractivity contribution in [3.63, 3.8) is 0 Å². The van der Waals surface area contributed by atoms with Crippen molar-refractivity contribution in [1.82, 2.24) is 0 Å². The third-order valence-electron chi connectivity index (χ3n) is 13.0. The van der Waals surface area contributed by atoms with E-state index >= 15 is 0 Å². The second-order valence-corrected chi connectivity index (χ2v) is 19.9. The fraction of sp³-hybridized carbons (Fsp3) is 0.794. The summed E-state index contributed by atoms with van der Waals surface area (Å²) in [6.45, 7) is 6.52. The van der Waals surface area contributed by atoms with Crippen molar-refractivity contribution in [3.05, 3.63) is 60.8 Å². The molecule has 0 spiro atoms. The van der Waals surface area contributed by atoms with Crippen molar-refractivity contribution in [1.29, 1.82) is 0 Å². The molecule has 0 amide bonds. The molecule has 0 saturated heterocycles. The van der Waals surface area contributed by atoms with Crippen LogP contribution in [0.15, 0.2) is 60.8 Å². The van der Waals surface area contributed by atoms with Gasteiger partial charge in [0.25, 0.3) is 0 Å². The molecule has 69 heavy (non-hydrogen) atoms.